The Morgan fingerprint density at radius 1 is 1.31 bits per heavy atom. The highest BCUT2D eigenvalue weighted by molar-refractivity contribution is 5.96. The summed E-state index contributed by atoms with van der Waals surface area (Å²) in [5, 5.41) is 8.99. The lowest BCUT2D eigenvalue weighted by atomic mass is 9.86. The normalized spacial score (nSPS) is 11.6. The van der Waals surface area contributed by atoms with Crippen LogP contribution in [0.5, 0.6) is 0 Å². The smallest absolute Gasteiger partial charge is 0.169 e. The Labute approximate surface area is 92.9 Å². The number of Topliss-reactive ketones (excluding diaryl/α,β-unsaturated/α-hetero) is 1. The van der Waals surface area contributed by atoms with Gasteiger partial charge in [0.05, 0.1) is 5.56 Å². The molecule has 0 aliphatic rings. The molecule has 0 bridgehead atoms. The van der Waals surface area contributed by atoms with Crippen LogP contribution in [0.1, 0.15) is 30.6 Å². The first-order valence-corrected chi connectivity index (χ1v) is 4.95. The Morgan fingerprint density at radius 3 is 2.25 bits per heavy atom. The van der Waals surface area contributed by atoms with Crippen LogP contribution < -0.4 is 0 Å². The quantitative estimate of drug-likeness (QED) is 0.804. The molecule has 0 spiro atoms. The zero-order chi connectivity index (χ0) is 12.3. The molecule has 1 rings (SSSR count). The zero-order valence-corrected chi connectivity index (χ0v) is 9.26. The number of aliphatic hydroxyl groups is 1. The molecule has 0 saturated heterocycles. The van der Waals surface area contributed by atoms with E-state index in [2.05, 4.69) is 0 Å². The molecule has 0 radical (unpaired) electrons. The van der Waals surface area contributed by atoms with Crippen molar-refractivity contribution in [3.8, 4) is 0 Å². The fraction of sp³-hybridized carbons (Fsp3) is 0.417. The summed E-state index contributed by atoms with van der Waals surface area (Å²) in [6.45, 7) is 3.10. The Kier molecular flexibility index (Phi) is 3.75. The molecule has 1 aromatic carbocycles. The summed E-state index contributed by atoms with van der Waals surface area (Å²) in [6, 6.07) is 3.29. The van der Waals surface area contributed by atoms with Crippen molar-refractivity contribution in [2.45, 2.75) is 20.3 Å². The number of benzene rings is 1. The van der Waals surface area contributed by atoms with Gasteiger partial charge in [-0.15, -0.1) is 0 Å². The van der Waals surface area contributed by atoms with E-state index in [0.29, 0.717) is 0 Å². The molecular weight excluding hydrogens is 214 g/mol. The van der Waals surface area contributed by atoms with Gasteiger partial charge in [0.2, 0.25) is 0 Å². The van der Waals surface area contributed by atoms with Gasteiger partial charge in [0.1, 0.15) is 11.6 Å². The van der Waals surface area contributed by atoms with Gasteiger partial charge in [-0.25, -0.2) is 8.78 Å². The average molecular weight is 228 g/mol. The molecule has 0 aliphatic heterocycles. The number of carbonyl (C=O) groups is 1. The molecule has 1 aromatic rings. The summed E-state index contributed by atoms with van der Waals surface area (Å²) in [5.74, 6) is -2.35. The molecule has 2 nitrogen and oxygen atoms in total. The van der Waals surface area contributed by atoms with Gasteiger partial charge in [-0.3, -0.25) is 4.79 Å². The van der Waals surface area contributed by atoms with Crippen molar-refractivity contribution in [3.05, 3.63) is 35.4 Å². The van der Waals surface area contributed by atoms with E-state index >= 15 is 0 Å². The van der Waals surface area contributed by atoms with Gasteiger partial charge in [-0.2, -0.15) is 0 Å². The molecule has 1 N–H and O–H groups in total. The minimum atomic E-state index is -0.862. The first kappa shape index (κ1) is 12.8. The van der Waals surface area contributed by atoms with E-state index in [-0.39, 0.29) is 13.0 Å². The number of ketones is 1. The van der Waals surface area contributed by atoms with Gasteiger partial charge in [0, 0.05) is 13.0 Å². The van der Waals surface area contributed by atoms with E-state index in [0.717, 1.165) is 12.1 Å². The summed E-state index contributed by atoms with van der Waals surface area (Å²) in [4.78, 5) is 11.7. The molecule has 16 heavy (non-hydrogen) atoms. The van der Waals surface area contributed by atoms with Crippen LogP contribution in [0, 0.1) is 17.0 Å². The van der Waals surface area contributed by atoms with E-state index in [1.807, 2.05) is 0 Å². The molecule has 0 amide bonds. The minimum Gasteiger partial charge on any atom is -0.396 e. The topological polar surface area (TPSA) is 37.3 Å². The minimum absolute atomic E-state index is 0.0959. The molecule has 88 valence electrons. The predicted molar refractivity (Wildman–Crippen MR) is 56.2 cm³/mol. The van der Waals surface area contributed by atoms with Crippen molar-refractivity contribution < 1.29 is 18.7 Å². The van der Waals surface area contributed by atoms with Crippen LogP contribution in [0.15, 0.2) is 18.2 Å². The maximum atomic E-state index is 13.3. The standard InChI is InChI=1S/C12H14F2O2/c1-12(2,7-15)6-10(16)11-8(13)4-3-5-9(11)14/h3-5,15H,6-7H2,1-2H3. The maximum absolute atomic E-state index is 13.3. The van der Waals surface area contributed by atoms with Crippen molar-refractivity contribution in [1.82, 2.24) is 0 Å². The SMILES string of the molecule is CC(C)(CO)CC(=O)c1c(F)cccc1F. The van der Waals surface area contributed by atoms with Gasteiger partial charge >= 0.3 is 0 Å². The molecule has 0 fully saturated rings. The first-order valence-electron chi connectivity index (χ1n) is 4.95. The van der Waals surface area contributed by atoms with Crippen molar-refractivity contribution in [2.75, 3.05) is 6.61 Å². The Balaban J connectivity index is 2.98. The average Bonchev–Trinajstić information content (AvgIpc) is 2.16. The van der Waals surface area contributed by atoms with Crippen LogP contribution in [-0.4, -0.2) is 17.5 Å². The lowest BCUT2D eigenvalue weighted by molar-refractivity contribution is 0.0850. The van der Waals surface area contributed by atoms with Crippen molar-refractivity contribution in [3.63, 3.8) is 0 Å². The van der Waals surface area contributed by atoms with Crippen molar-refractivity contribution >= 4 is 5.78 Å². The number of aliphatic hydroxyl groups excluding tert-OH is 1. The summed E-state index contributed by atoms with van der Waals surface area (Å²) in [6.07, 6.45) is -0.0959. The van der Waals surface area contributed by atoms with Crippen LogP contribution in [0.4, 0.5) is 8.78 Å². The second kappa shape index (κ2) is 4.70. The predicted octanol–water partition coefficient (Wildman–Crippen LogP) is 2.56. The molecule has 0 unspecified atom stereocenters. The Hall–Kier alpha value is -1.29. The van der Waals surface area contributed by atoms with E-state index < -0.39 is 28.4 Å². The molecule has 0 atom stereocenters. The Bertz CT molecular complexity index is 380. The highest BCUT2D eigenvalue weighted by atomic mass is 19.1. The molecule has 0 heterocycles. The van der Waals surface area contributed by atoms with Gasteiger partial charge < -0.3 is 5.11 Å². The van der Waals surface area contributed by atoms with Gasteiger partial charge in [-0.1, -0.05) is 19.9 Å². The van der Waals surface area contributed by atoms with Crippen LogP contribution in [-0.2, 0) is 0 Å². The monoisotopic (exact) mass is 228 g/mol. The second-order valence-corrected chi connectivity index (χ2v) is 4.52. The number of halogens is 2. The third-order valence-electron chi connectivity index (χ3n) is 2.31. The zero-order valence-electron chi connectivity index (χ0n) is 9.26. The van der Waals surface area contributed by atoms with Gasteiger partial charge in [0.15, 0.2) is 5.78 Å². The van der Waals surface area contributed by atoms with E-state index in [1.54, 1.807) is 13.8 Å². The van der Waals surface area contributed by atoms with Crippen LogP contribution >= 0.6 is 0 Å². The Morgan fingerprint density at radius 2 is 1.81 bits per heavy atom. The molecule has 0 aromatic heterocycles. The number of carbonyl (C=O) groups excluding carboxylic acids is 1. The molecule has 0 saturated carbocycles. The highest BCUT2D eigenvalue weighted by Gasteiger charge is 2.25. The molecule has 4 heteroatoms. The summed E-state index contributed by atoms with van der Waals surface area (Å²) >= 11 is 0. The van der Waals surface area contributed by atoms with Crippen LogP contribution in [0.2, 0.25) is 0 Å². The van der Waals surface area contributed by atoms with Crippen LogP contribution in [0.25, 0.3) is 0 Å². The van der Waals surface area contributed by atoms with Crippen molar-refractivity contribution in [1.29, 1.82) is 0 Å². The maximum Gasteiger partial charge on any atom is 0.169 e. The molecule has 0 aliphatic carbocycles. The molecular formula is C12H14F2O2. The lowest BCUT2D eigenvalue weighted by Gasteiger charge is -2.20. The third kappa shape index (κ3) is 2.85. The number of hydrogen-bond acceptors (Lipinski definition) is 2. The fourth-order valence-corrected chi connectivity index (χ4v) is 1.34. The summed E-state index contributed by atoms with van der Waals surface area (Å²) in [7, 11) is 0. The summed E-state index contributed by atoms with van der Waals surface area (Å²) in [5.41, 5.74) is -1.20. The lowest BCUT2D eigenvalue weighted by Crippen LogP contribution is -2.22. The van der Waals surface area contributed by atoms with Crippen LogP contribution in [0.3, 0.4) is 0 Å². The van der Waals surface area contributed by atoms with Gasteiger partial charge in [0.25, 0.3) is 0 Å². The fourth-order valence-electron chi connectivity index (χ4n) is 1.34. The number of rotatable bonds is 4. The third-order valence-corrected chi connectivity index (χ3v) is 2.31. The van der Waals surface area contributed by atoms with Gasteiger partial charge in [-0.05, 0) is 17.5 Å². The summed E-state index contributed by atoms with van der Waals surface area (Å²) < 4.78 is 26.5. The van der Waals surface area contributed by atoms with E-state index in [1.165, 1.54) is 6.07 Å². The van der Waals surface area contributed by atoms with Crippen molar-refractivity contribution in [2.24, 2.45) is 5.41 Å². The largest absolute Gasteiger partial charge is 0.396 e. The number of hydrogen-bond donors (Lipinski definition) is 1. The van der Waals surface area contributed by atoms with E-state index in [4.69, 9.17) is 5.11 Å². The highest BCUT2D eigenvalue weighted by Crippen LogP contribution is 2.24. The van der Waals surface area contributed by atoms with E-state index in [9.17, 15) is 13.6 Å². The first-order chi connectivity index (χ1) is 7.37. The second-order valence-electron chi connectivity index (χ2n) is 4.52.